The van der Waals surface area contributed by atoms with Crippen molar-refractivity contribution in [2.45, 2.75) is 32.1 Å². The third kappa shape index (κ3) is 3.35. The van der Waals surface area contributed by atoms with Crippen LogP contribution in [-0.4, -0.2) is 26.2 Å². The van der Waals surface area contributed by atoms with Crippen molar-refractivity contribution < 1.29 is 9.53 Å². The molecule has 2 unspecified atom stereocenters. The number of carbonyl (C=O) groups excluding carboxylic acids is 1. The van der Waals surface area contributed by atoms with E-state index in [1.54, 1.807) is 0 Å². The average molecular weight is 261 g/mol. The summed E-state index contributed by atoms with van der Waals surface area (Å²) in [5.74, 6) is 0.947. The number of carbonyl (C=O) groups is 1. The summed E-state index contributed by atoms with van der Waals surface area (Å²) in [6.07, 6.45) is 3.63. The Labute approximate surface area is 115 Å². The van der Waals surface area contributed by atoms with Crippen LogP contribution >= 0.6 is 0 Å². The van der Waals surface area contributed by atoms with Gasteiger partial charge >= 0.3 is 5.97 Å². The van der Waals surface area contributed by atoms with Gasteiger partial charge in [-0.05, 0) is 61.9 Å². The number of rotatable bonds is 4. The minimum absolute atomic E-state index is 0.251. The summed E-state index contributed by atoms with van der Waals surface area (Å²) in [4.78, 5) is 11.6. The van der Waals surface area contributed by atoms with Gasteiger partial charge in [0.1, 0.15) is 0 Å². The Morgan fingerprint density at radius 3 is 3.00 bits per heavy atom. The molecular weight excluding hydrogens is 238 g/mol. The second-order valence-corrected chi connectivity index (χ2v) is 5.24. The molecule has 0 aliphatic carbocycles. The van der Waals surface area contributed by atoms with Crippen molar-refractivity contribution in [2.75, 3.05) is 20.2 Å². The summed E-state index contributed by atoms with van der Waals surface area (Å²) >= 11 is 0. The van der Waals surface area contributed by atoms with Gasteiger partial charge in [-0.25, -0.2) is 4.79 Å². The Balaban J connectivity index is 2.19. The van der Waals surface area contributed by atoms with Crippen molar-refractivity contribution in [1.82, 2.24) is 5.32 Å². The third-order valence-corrected chi connectivity index (χ3v) is 4.08. The Kier molecular flexibility index (Phi) is 4.97. The summed E-state index contributed by atoms with van der Waals surface area (Å²) in [7, 11) is 1.43. The first kappa shape index (κ1) is 14.1. The number of ether oxygens (including phenoxy) is 1. The van der Waals surface area contributed by atoms with E-state index in [9.17, 15) is 4.79 Å². The van der Waals surface area contributed by atoms with Gasteiger partial charge in [-0.2, -0.15) is 0 Å². The summed E-state index contributed by atoms with van der Waals surface area (Å²) in [5, 5.41) is 3.48. The van der Waals surface area contributed by atoms with E-state index in [1.807, 2.05) is 18.2 Å². The minimum atomic E-state index is -0.251. The van der Waals surface area contributed by atoms with Crippen LogP contribution in [0.3, 0.4) is 0 Å². The summed E-state index contributed by atoms with van der Waals surface area (Å²) < 4.78 is 4.80. The molecule has 1 saturated heterocycles. The van der Waals surface area contributed by atoms with E-state index in [4.69, 9.17) is 4.74 Å². The van der Waals surface area contributed by atoms with Gasteiger partial charge in [0.15, 0.2) is 0 Å². The molecule has 0 amide bonds. The van der Waals surface area contributed by atoms with Crippen molar-refractivity contribution in [3.63, 3.8) is 0 Å². The summed E-state index contributed by atoms with van der Waals surface area (Å²) in [5.41, 5.74) is 1.92. The SMILES string of the molecule is CCC(c1cccc(C(=O)OC)c1)C1CCCNC1. The van der Waals surface area contributed by atoms with Crippen molar-refractivity contribution in [2.24, 2.45) is 5.92 Å². The fourth-order valence-electron chi connectivity index (χ4n) is 3.08. The molecule has 0 radical (unpaired) electrons. The molecule has 104 valence electrons. The molecule has 1 N–H and O–H groups in total. The summed E-state index contributed by atoms with van der Waals surface area (Å²) in [6.45, 7) is 4.44. The molecule has 1 aromatic carbocycles. The first-order chi connectivity index (χ1) is 9.26. The molecule has 2 rings (SSSR count). The Morgan fingerprint density at radius 2 is 2.37 bits per heavy atom. The second-order valence-electron chi connectivity index (χ2n) is 5.24. The molecule has 1 aliphatic heterocycles. The van der Waals surface area contributed by atoms with Gasteiger partial charge < -0.3 is 10.1 Å². The van der Waals surface area contributed by atoms with Crippen LogP contribution in [0, 0.1) is 5.92 Å². The number of esters is 1. The van der Waals surface area contributed by atoms with Crippen LogP contribution in [0.4, 0.5) is 0 Å². The molecule has 19 heavy (non-hydrogen) atoms. The van der Waals surface area contributed by atoms with Crippen LogP contribution in [0.1, 0.15) is 48.0 Å². The van der Waals surface area contributed by atoms with Gasteiger partial charge in [0.05, 0.1) is 12.7 Å². The first-order valence-electron chi connectivity index (χ1n) is 7.15. The average Bonchev–Trinajstić information content (AvgIpc) is 2.48. The van der Waals surface area contributed by atoms with Crippen LogP contribution in [-0.2, 0) is 4.74 Å². The number of methoxy groups -OCH3 is 1. The van der Waals surface area contributed by atoms with Gasteiger partial charge in [0.2, 0.25) is 0 Å². The van der Waals surface area contributed by atoms with Crippen molar-refractivity contribution in [3.8, 4) is 0 Å². The maximum atomic E-state index is 11.6. The number of hydrogen-bond acceptors (Lipinski definition) is 3. The van der Waals surface area contributed by atoms with E-state index in [0.29, 0.717) is 17.4 Å². The topological polar surface area (TPSA) is 38.3 Å². The molecule has 3 heteroatoms. The van der Waals surface area contributed by atoms with Crippen LogP contribution < -0.4 is 5.32 Å². The fourth-order valence-corrected chi connectivity index (χ4v) is 3.08. The number of piperidine rings is 1. The second kappa shape index (κ2) is 6.71. The predicted octanol–water partition coefficient (Wildman–Crippen LogP) is 2.97. The zero-order valence-corrected chi connectivity index (χ0v) is 11.8. The van der Waals surface area contributed by atoms with Crippen molar-refractivity contribution >= 4 is 5.97 Å². The van der Waals surface area contributed by atoms with Crippen LogP contribution in [0.15, 0.2) is 24.3 Å². The van der Waals surface area contributed by atoms with E-state index in [-0.39, 0.29) is 5.97 Å². The molecule has 3 nitrogen and oxygen atoms in total. The van der Waals surface area contributed by atoms with Crippen LogP contribution in [0.2, 0.25) is 0 Å². The molecule has 0 bridgehead atoms. The third-order valence-electron chi connectivity index (χ3n) is 4.08. The zero-order valence-electron chi connectivity index (χ0n) is 11.8. The lowest BCUT2D eigenvalue weighted by atomic mass is 9.79. The highest BCUT2D eigenvalue weighted by Gasteiger charge is 2.24. The van der Waals surface area contributed by atoms with Gasteiger partial charge in [-0.3, -0.25) is 0 Å². The lowest BCUT2D eigenvalue weighted by Crippen LogP contribution is -2.33. The molecule has 1 aromatic rings. The first-order valence-corrected chi connectivity index (χ1v) is 7.15. The van der Waals surface area contributed by atoms with E-state index < -0.39 is 0 Å². The lowest BCUT2D eigenvalue weighted by molar-refractivity contribution is 0.0600. The Bertz CT molecular complexity index is 425. The predicted molar refractivity (Wildman–Crippen MR) is 76.4 cm³/mol. The van der Waals surface area contributed by atoms with Crippen LogP contribution in [0.5, 0.6) is 0 Å². The van der Waals surface area contributed by atoms with Gasteiger partial charge in [0, 0.05) is 0 Å². The standard InChI is InChI=1S/C16H23NO2/c1-3-15(14-8-5-9-17-11-14)12-6-4-7-13(10-12)16(18)19-2/h4,6-7,10,14-15,17H,3,5,8-9,11H2,1-2H3. The quantitative estimate of drug-likeness (QED) is 0.847. The molecule has 0 spiro atoms. The molecule has 1 heterocycles. The van der Waals surface area contributed by atoms with E-state index in [2.05, 4.69) is 18.3 Å². The Morgan fingerprint density at radius 1 is 1.53 bits per heavy atom. The highest BCUT2D eigenvalue weighted by Crippen LogP contribution is 2.32. The van der Waals surface area contributed by atoms with Crippen molar-refractivity contribution in [3.05, 3.63) is 35.4 Å². The van der Waals surface area contributed by atoms with Crippen LogP contribution in [0.25, 0.3) is 0 Å². The van der Waals surface area contributed by atoms with Gasteiger partial charge in [-0.15, -0.1) is 0 Å². The molecule has 1 aliphatic rings. The highest BCUT2D eigenvalue weighted by molar-refractivity contribution is 5.89. The van der Waals surface area contributed by atoms with E-state index in [1.165, 1.54) is 25.5 Å². The van der Waals surface area contributed by atoms with E-state index >= 15 is 0 Å². The molecule has 2 atom stereocenters. The monoisotopic (exact) mass is 261 g/mol. The molecule has 0 aromatic heterocycles. The van der Waals surface area contributed by atoms with Crippen molar-refractivity contribution in [1.29, 1.82) is 0 Å². The molecule has 0 saturated carbocycles. The van der Waals surface area contributed by atoms with Gasteiger partial charge in [0.25, 0.3) is 0 Å². The Hall–Kier alpha value is -1.35. The van der Waals surface area contributed by atoms with Gasteiger partial charge in [-0.1, -0.05) is 19.1 Å². The maximum absolute atomic E-state index is 11.6. The zero-order chi connectivity index (χ0) is 13.7. The largest absolute Gasteiger partial charge is 0.465 e. The molecule has 1 fully saturated rings. The summed E-state index contributed by atoms with van der Waals surface area (Å²) in [6, 6.07) is 7.91. The fraction of sp³-hybridized carbons (Fsp3) is 0.562. The smallest absolute Gasteiger partial charge is 0.337 e. The van der Waals surface area contributed by atoms with E-state index in [0.717, 1.165) is 19.5 Å². The lowest BCUT2D eigenvalue weighted by Gasteiger charge is -2.30. The number of benzene rings is 1. The highest BCUT2D eigenvalue weighted by atomic mass is 16.5. The maximum Gasteiger partial charge on any atom is 0.337 e. The minimum Gasteiger partial charge on any atom is -0.465 e. The number of hydrogen-bond donors (Lipinski definition) is 1. The normalized spacial score (nSPS) is 20.8. The molecular formula is C16H23NO2. The number of nitrogens with one attached hydrogen (secondary N) is 1.